The lowest BCUT2D eigenvalue weighted by molar-refractivity contribution is -0.167. The molecule has 2 aliphatic heterocycles. The van der Waals surface area contributed by atoms with Crippen LogP contribution in [0.3, 0.4) is 0 Å². The minimum absolute atomic E-state index is 0.0619. The van der Waals surface area contributed by atoms with E-state index in [-0.39, 0.29) is 50.2 Å². The zero-order chi connectivity index (χ0) is 37.4. The van der Waals surface area contributed by atoms with Crippen molar-refractivity contribution in [2.24, 2.45) is 16.7 Å². The maximum absolute atomic E-state index is 12.5. The smallest absolute Gasteiger partial charge is 0.417 e. The number of hydrogen-bond donors (Lipinski definition) is 0. The molecular weight excluding hydrogens is 644 g/mol. The molecule has 0 N–H and O–H groups in total. The Morgan fingerprint density at radius 2 is 1.06 bits per heavy atom. The fraction of sp³-hybridized carbons (Fsp3) is 0.765. The number of amides is 2. The summed E-state index contributed by atoms with van der Waals surface area (Å²) in [4.78, 5) is 96.0. The van der Waals surface area contributed by atoms with Gasteiger partial charge in [-0.15, -0.1) is 0 Å². The van der Waals surface area contributed by atoms with Crippen LogP contribution in [0.25, 0.3) is 0 Å². The molecule has 2 amide bonds. The molecule has 2 spiro atoms. The van der Waals surface area contributed by atoms with Crippen LogP contribution in [0.15, 0.2) is 0 Å². The zero-order valence-electron chi connectivity index (χ0n) is 30.3. The summed E-state index contributed by atoms with van der Waals surface area (Å²) >= 11 is 0. The Kier molecular flexibility index (Phi) is 13.9. The predicted octanol–water partition coefficient (Wildman–Crippen LogP) is 3.42. The summed E-state index contributed by atoms with van der Waals surface area (Å²) < 4.78 is 24.0. The van der Waals surface area contributed by atoms with Crippen molar-refractivity contribution < 1.29 is 62.0 Å². The number of rotatable bonds is 5. The van der Waals surface area contributed by atoms with E-state index in [1.54, 1.807) is 46.4 Å². The molecule has 49 heavy (non-hydrogen) atoms. The van der Waals surface area contributed by atoms with E-state index in [2.05, 4.69) is 9.47 Å². The summed E-state index contributed by atoms with van der Waals surface area (Å²) in [7, 11) is 0. The highest BCUT2D eigenvalue weighted by Crippen LogP contribution is 2.51. The lowest BCUT2D eigenvalue weighted by Crippen LogP contribution is -2.54. The molecule has 0 bridgehead atoms. The van der Waals surface area contributed by atoms with Gasteiger partial charge < -0.3 is 33.5 Å². The molecule has 4 fully saturated rings. The molecule has 0 aromatic heterocycles. The maximum Gasteiger partial charge on any atom is 0.417 e. The van der Waals surface area contributed by atoms with Crippen LogP contribution in [0.2, 0.25) is 0 Å². The van der Waals surface area contributed by atoms with Crippen LogP contribution in [-0.2, 0) is 52.5 Å². The Hall–Kier alpha value is -4.04. The number of nitrogens with zero attached hydrogens (tertiary/aromatic N) is 2. The third kappa shape index (κ3) is 12.1. The largest absolute Gasteiger partial charge is 0.460 e. The van der Waals surface area contributed by atoms with E-state index in [0.29, 0.717) is 38.1 Å². The van der Waals surface area contributed by atoms with Crippen molar-refractivity contribution >= 4 is 47.4 Å². The lowest BCUT2D eigenvalue weighted by Gasteiger charge is -2.36. The third-order valence-corrected chi connectivity index (χ3v) is 7.95. The molecule has 2 aliphatic carbocycles. The van der Waals surface area contributed by atoms with Gasteiger partial charge in [0.25, 0.3) is 5.78 Å². The van der Waals surface area contributed by atoms with E-state index in [4.69, 9.17) is 14.2 Å². The summed E-state index contributed by atoms with van der Waals surface area (Å²) in [5.41, 5.74) is -2.03. The highest BCUT2D eigenvalue weighted by atomic mass is 16.6. The normalized spacial score (nSPS) is 20.1. The van der Waals surface area contributed by atoms with Gasteiger partial charge in [-0.25, -0.2) is 24.0 Å². The summed E-state index contributed by atoms with van der Waals surface area (Å²) in [6.07, 6.45) is 2.74. The van der Waals surface area contributed by atoms with Gasteiger partial charge in [0.15, 0.2) is 5.78 Å². The van der Waals surface area contributed by atoms with Crippen LogP contribution in [0.5, 0.6) is 0 Å². The van der Waals surface area contributed by atoms with Crippen molar-refractivity contribution in [3.63, 3.8) is 0 Å². The predicted molar refractivity (Wildman–Crippen MR) is 172 cm³/mol. The van der Waals surface area contributed by atoms with Gasteiger partial charge in [0.1, 0.15) is 22.9 Å². The number of piperidine rings is 2. The number of Topliss-reactive ketones (excluding diaryl/α,β-unsaturated/α-hetero) is 3. The van der Waals surface area contributed by atoms with E-state index in [9.17, 15) is 38.4 Å². The van der Waals surface area contributed by atoms with Crippen molar-refractivity contribution in [3.05, 3.63) is 0 Å². The second-order valence-electron chi connectivity index (χ2n) is 14.4. The second-order valence-corrected chi connectivity index (χ2v) is 14.4. The second kappa shape index (κ2) is 16.6. The number of carbonyl (C=O) groups is 8. The summed E-state index contributed by atoms with van der Waals surface area (Å²) in [6.45, 7) is 17.2. The van der Waals surface area contributed by atoms with Gasteiger partial charge in [0, 0.05) is 43.4 Å². The monoisotopic (exact) mass is 696 g/mol. The molecule has 2 saturated carbocycles. The number of likely N-dealkylation sites (tertiary alicyclic amines) is 2. The maximum atomic E-state index is 12.5. The highest BCUT2D eigenvalue weighted by molar-refractivity contribution is 6.39. The highest BCUT2D eigenvalue weighted by Gasteiger charge is 2.59. The van der Waals surface area contributed by atoms with Gasteiger partial charge in [-0.2, -0.15) is 0 Å². The van der Waals surface area contributed by atoms with Gasteiger partial charge in [0.05, 0.1) is 19.8 Å². The first-order chi connectivity index (χ1) is 22.6. The van der Waals surface area contributed by atoms with Crippen molar-refractivity contribution in [1.82, 2.24) is 9.80 Å². The Balaban J connectivity index is 0.000000278. The summed E-state index contributed by atoms with van der Waals surface area (Å²) in [5.74, 6) is -4.83. The Morgan fingerprint density at radius 1 is 0.653 bits per heavy atom. The molecule has 15 nitrogen and oxygen atoms in total. The van der Waals surface area contributed by atoms with Gasteiger partial charge >= 0.3 is 30.1 Å². The topological polar surface area (TPSA) is 189 Å². The molecule has 4 aliphatic rings. The molecule has 1 atom stereocenters. The first-order valence-electron chi connectivity index (χ1n) is 16.7. The van der Waals surface area contributed by atoms with E-state index in [0.717, 1.165) is 12.8 Å². The first kappa shape index (κ1) is 41.1. The molecule has 1 unspecified atom stereocenters. The molecular formula is C34H52N2O13. The Morgan fingerprint density at radius 3 is 1.47 bits per heavy atom. The number of ketones is 3. The number of carbonyl (C=O) groups excluding carboxylic acids is 8. The van der Waals surface area contributed by atoms with Crippen molar-refractivity contribution in [1.29, 1.82) is 0 Å². The number of esters is 3. The Labute approximate surface area is 287 Å². The number of ether oxygens (including phenoxy) is 5. The van der Waals surface area contributed by atoms with Crippen LogP contribution in [0.4, 0.5) is 9.59 Å². The summed E-state index contributed by atoms with van der Waals surface area (Å²) in [6, 6.07) is 0. The van der Waals surface area contributed by atoms with E-state index >= 15 is 0 Å². The molecule has 2 heterocycles. The van der Waals surface area contributed by atoms with Crippen molar-refractivity contribution in [3.8, 4) is 0 Å². The molecule has 276 valence electrons. The van der Waals surface area contributed by atoms with Crippen molar-refractivity contribution in [2.75, 3.05) is 46.0 Å². The molecule has 0 aromatic rings. The van der Waals surface area contributed by atoms with E-state index in [1.165, 1.54) is 4.90 Å². The Bertz CT molecular complexity index is 1270. The standard InChI is InChI=1S/C16H23NO6.C12H19NO3.C6H10O4/c1-5-22-13(20)11(18)10-8-17(14(21)23-15(2,3)4)9-16(6-7-16)12(10)19;1-11(2,3)16-10(15)13-7-4-9(14)12(8-13)5-6-12;1-3-9-5(7)6(8)10-4-2/h10H,5-9H2,1-4H3;4-8H2,1-3H3;3-4H2,1-2H3. The van der Waals surface area contributed by atoms with Crippen LogP contribution in [-0.4, -0.2) is 114 Å². The average molecular weight is 697 g/mol. The van der Waals surface area contributed by atoms with Gasteiger partial charge in [-0.05, 0) is 88.0 Å². The van der Waals surface area contributed by atoms with Gasteiger partial charge in [-0.1, -0.05) is 0 Å². The minimum Gasteiger partial charge on any atom is -0.460 e. The molecule has 15 heteroatoms. The fourth-order valence-electron chi connectivity index (χ4n) is 5.23. The average Bonchev–Trinajstić information content (AvgIpc) is 3.93. The van der Waals surface area contributed by atoms with Crippen LogP contribution in [0, 0.1) is 16.7 Å². The quantitative estimate of drug-likeness (QED) is 0.176. The van der Waals surface area contributed by atoms with Crippen LogP contribution >= 0.6 is 0 Å². The SMILES string of the molecule is CC(C)(C)OC(=O)N1CCC(=O)C2(CC2)C1.CCOC(=O)C(=O)C1CN(C(=O)OC(C)(C)C)CC2(CC2)C1=O.CCOC(=O)C(=O)OCC. The fourth-order valence-corrected chi connectivity index (χ4v) is 5.23. The zero-order valence-corrected chi connectivity index (χ0v) is 30.3. The van der Waals surface area contributed by atoms with Crippen LogP contribution < -0.4 is 0 Å². The van der Waals surface area contributed by atoms with Gasteiger partial charge in [0.2, 0.25) is 0 Å². The molecule has 0 aromatic carbocycles. The minimum atomic E-state index is -1.15. The molecule has 0 radical (unpaired) electrons. The molecule has 2 saturated heterocycles. The third-order valence-electron chi connectivity index (χ3n) is 7.95. The van der Waals surface area contributed by atoms with Crippen molar-refractivity contribution in [2.45, 2.75) is 106 Å². The number of hydrogen-bond acceptors (Lipinski definition) is 13. The lowest BCUT2D eigenvalue weighted by atomic mass is 9.82. The van der Waals surface area contributed by atoms with Gasteiger partial charge in [-0.3, -0.25) is 14.4 Å². The van der Waals surface area contributed by atoms with E-state index in [1.807, 2.05) is 20.8 Å². The van der Waals surface area contributed by atoms with Crippen LogP contribution in [0.1, 0.15) is 94.4 Å². The molecule has 4 rings (SSSR count). The van der Waals surface area contributed by atoms with E-state index < -0.39 is 52.3 Å². The summed E-state index contributed by atoms with van der Waals surface area (Å²) in [5, 5.41) is 0. The first-order valence-corrected chi connectivity index (χ1v) is 16.7.